The third-order valence-corrected chi connectivity index (χ3v) is 5.06. The predicted molar refractivity (Wildman–Crippen MR) is 111 cm³/mol. The van der Waals surface area contributed by atoms with Crippen LogP contribution in [0.15, 0.2) is 54.6 Å². The van der Waals surface area contributed by atoms with E-state index in [0.29, 0.717) is 5.69 Å². The molecule has 0 aliphatic carbocycles. The molecule has 176 valence electrons. The molecule has 1 heterocycles. The van der Waals surface area contributed by atoms with Crippen LogP contribution in [0.3, 0.4) is 0 Å². The SMILES string of the molecule is CCN(C(=O)c1cc(C)n(-c2ccccc2C(F)(F)F)c1C)c1ccccc1OC(F)(F)F. The van der Waals surface area contributed by atoms with Gasteiger partial charge in [0, 0.05) is 17.9 Å². The van der Waals surface area contributed by atoms with Crippen LogP contribution in [0.2, 0.25) is 0 Å². The highest BCUT2D eigenvalue weighted by atomic mass is 19.4. The third kappa shape index (κ3) is 4.99. The maximum atomic E-state index is 13.6. The van der Waals surface area contributed by atoms with Gasteiger partial charge in [-0.15, -0.1) is 13.2 Å². The highest BCUT2D eigenvalue weighted by Gasteiger charge is 2.36. The number of anilines is 1. The molecule has 4 nitrogen and oxygen atoms in total. The molecule has 0 unspecified atom stereocenters. The summed E-state index contributed by atoms with van der Waals surface area (Å²) in [7, 11) is 0. The lowest BCUT2D eigenvalue weighted by Gasteiger charge is -2.24. The van der Waals surface area contributed by atoms with Crippen molar-refractivity contribution in [3.63, 3.8) is 0 Å². The molecule has 0 aliphatic heterocycles. The average molecular weight is 470 g/mol. The number of alkyl halides is 6. The Labute approximate surface area is 186 Å². The first-order chi connectivity index (χ1) is 15.3. The Morgan fingerprint density at radius 2 is 1.58 bits per heavy atom. The molecule has 3 rings (SSSR count). The van der Waals surface area contributed by atoms with Gasteiger partial charge in [-0.25, -0.2) is 0 Å². The number of benzene rings is 2. The topological polar surface area (TPSA) is 34.5 Å². The fourth-order valence-electron chi connectivity index (χ4n) is 3.72. The van der Waals surface area contributed by atoms with Gasteiger partial charge >= 0.3 is 12.5 Å². The minimum absolute atomic E-state index is 0.000129. The van der Waals surface area contributed by atoms with Crippen LogP contribution in [0.25, 0.3) is 5.69 Å². The van der Waals surface area contributed by atoms with E-state index in [2.05, 4.69) is 4.74 Å². The lowest BCUT2D eigenvalue weighted by molar-refractivity contribution is -0.274. The third-order valence-electron chi connectivity index (χ3n) is 5.06. The van der Waals surface area contributed by atoms with Gasteiger partial charge in [-0.3, -0.25) is 4.79 Å². The fourth-order valence-corrected chi connectivity index (χ4v) is 3.72. The Morgan fingerprint density at radius 1 is 0.970 bits per heavy atom. The number of carbonyl (C=O) groups excluding carboxylic acids is 1. The summed E-state index contributed by atoms with van der Waals surface area (Å²) >= 11 is 0. The zero-order valence-electron chi connectivity index (χ0n) is 17.9. The number of nitrogens with zero attached hydrogens (tertiary/aromatic N) is 2. The van der Waals surface area contributed by atoms with Crippen molar-refractivity contribution in [2.75, 3.05) is 11.4 Å². The van der Waals surface area contributed by atoms with Gasteiger partial charge in [0.1, 0.15) is 0 Å². The minimum atomic E-state index is -4.96. The van der Waals surface area contributed by atoms with E-state index in [1.165, 1.54) is 54.0 Å². The maximum absolute atomic E-state index is 13.6. The second-order valence-corrected chi connectivity index (χ2v) is 7.20. The highest BCUT2D eigenvalue weighted by molar-refractivity contribution is 6.08. The number of ether oxygens (including phenoxy) is 1. The summed E-state index contributed by atoms with van der Waals surface area (Å²) in [6.45, 7) is 4.60. The van der Waals surface area contributed by atoms with E-state index in [4.69, 9.17) is 0 Å². The molecule has 10 heteroatoms. The lowest BCUT2D eigenvalue weighted by atomic mass is 10.1. The predicted octanol–water partition coefficient (Wildman–Crippen LogP) is 6.68. The first kappa shape index (κ1) is 24.2. The fraction of sp³-hybridized carbons (Fsp3) is 0.261. The first-order valence-electron chi connectivity index (χ1n) is 9.87. The van der Waals surface area contributed by atoms with Crippen molar-refractivity contribution in [3.8, 4) is 11.4 Å². The summed E-state index contributed by atoms with van der Waals surface area (Å²) in [6.07, 6.45) is -9.58. The zero-order valence-corrected chi connectivity index (χ0v) is 17.9. The van der Waals surface area contributed by atoms with Crippen molar-refractivity contribution < 1.29 is 35.9 Å². The number of aryl methyl sites for hydroxylation is 1. The maximum Gasteiger partial charge on any atom is 0.573 e. The molecule has 3 aromatic rings. The molecule has 0 saturated heterocycles. The molecule has 2 aromatic carbocycles. The Balaban J connectivity index is 2.09. The van der Waals surface area contributed by atoms with Crippen LogP contribution in [0, 0.1) is 13.8 Å². The van der Waals surface area contributed by atoms with Gasteiger partial charge in [0.15, 0.2) is 5.75 Å². The first-order valence-corrected chi connectivity index (χ1v) is 9.87. The Hall–Kier alpha value is -3.43. The molecule has 0 atom stereocenters. The summed E-state index contributed by atoms with van der Waals surface area (Å²) in [6, 6.07) is 11.6. The van der Waals surface area contributed by atoms with E-state index in [1.807, 2.05) is 0 Å². The van der Waals surface area contributed by atoms with E-state index >= 15 is 0 Å². The van der Waals surface area contributed by atoms with Gasteiger partial charge in [-0.1, -0.05) is 24.3 Å². The Bertz CT molecular complexity index is 1160. The molecular weight excluding hydrogens is 450 g/mol. The van der Waals surface area contributed by atoms with Crippen LogP contribution in [0.1, 0.15) is 34.2 Å². The number of rotatable bonds is 5. The monoisotopic (exact) mass is 470 g/mol. The molecule has 0 aliphatic rings. The van der Waals surface area contributed by atoms with E-state index in [9.17, 15) is 31.1 Å². The van der Waals surface area contributed by atoms with E-state index in [-0.39, 0.29) is 29.2 Å². The lowest BCUT2D eigenvalue weighted by Crippen LogP contribution is -2.32. The molecule has 1 amide bonds. The number of hydrogen-bond donors (Lipinski definition) is 0. The summed E-state index contributed by atoms with van der Waals surface area (Å²) < 4.78 is 84.5. The van der Waals surface area contributed by atoms with E-state index in [1.54, 1.807) is 13.8 Å². The number of para-hydroxylation sites is 3. The van der Waals surface area contributed by atoms with Gasteiger partial charge < -0.3 is 14.2 Å². The van der Waals surface area contributed by atoms with Crippen LogP contribution in [0.5, 0.6) is 5.75 Å². The second kappa shape index (κ2) is 8.84. The molecule has 0 N–H and O–H groups in total. The zero-order chi connectivity index (χ0) is 24.6. The normalized spacial score (nSPS) is 12.0. The average Bonchev–Trinajstić information content (AvgIpc) is 3.02. The van der Waals surface area contributed by atoms with Crippen LogP contribution >= 0.6 is 0 Å². The van der Waals surface area contributed by atoms with Gasteiger partial charge in [-0.2, -0.15) is 13.2 Å². The number of hydrogen-bond acceptors (Lipinski definition) is 2. The van der Waals surface area contributed by atoms with Crippen molar-refractivity contribution in [2.24, 2.45) is 0 Å². The van der Waals surface area contributed by atoms with Crippen molar-refractivity contribution in [1.82, 2.24) is 4.57 Å². The van der Waals surface area contributed by atoms with Crippen molar-refractivity contribution in [1.29, 1.82) is 0 Å². The number of aromatic nitrogens is 1. The van der Waals surface area contributed by atoms with Crippen LogP contribution in [-0.4, -0.2) is 23.4 Å². The molecule has 33 heavy (non-hydrogen) atoms. The number of carbonyl (C=O) groups is 1. The Kier molecular flexibility index (Phi) is 6.49. The molecule has 0 spiro atoms. The molecule has 0 fully saturated rings. The number of halogens is 6. The van der Waals surface area contributed by atoms with Crippen LogP contribution in [-0.2, 0) is 6.18 Å². The van der Waals surface area contributed by atoms with E-state index in [0.717, 1.165) is 17.0 Å². The van der Waals surface area contributed by atoms with Gasteiger partial charge in [0.2, 0.25) is 0 Å². The summed E-state index contributed by atoms with van der Waals surface area (Å²) in [5.74, 6) is -1.23. The van der Waals surface area contributed by atoms with E-state index < -0.39 is 29.8 Å². The summed E-state index contributed by atoms with van der Waals surface area (Å²) in [4.78, 5) is 14.4. The molecule has 1 aromatic heterocycles. The smallest absolute Gasteiger partial charge is 0.404 e. The van der Waals surface area contributed by atoms with Crippen LogP contribution in [0.4, 0.5) is 32.0 Å². The van der Waals surface area contributed by atoms with Gasteiger partial charge in [0.05, 0.1) is 22.5 Å². The van der Waals surface area contributed by atoms with Crippen molar-refractivity contribution >= 4 is 11.6 Å². The summed E-state index contributed by atoms with van der Waals surface area (Å²) in [5.41, 5.74) is -0.480. The van der Waals surface area contributed by atoms with Gasteiger partial charge in [-0.05, 0) is 51.1 Å². The second-order valence-electron chi connectivity index (χ2n) is 7.20. The molecular formula is C23H20F6N2O2. The molecule has 0 saturated carbocycles. The Morgan fingerprint density at radius 3 is 2.18 bits per heavy atom. The largest absolute Gasteiger partial charge is 0.573 e. The van der Waals surface area contributed by atoms with Crippen LogP contribution < -0.4 is 9.64 Å². The molecule has 0 radical (unpaired) electrons. The van der Waals surface area contributed by atoms with Gasteiger partial charge in [0.25, 0.3) is 5.91 Å². The molecule has 0 bridgehead atoms. The summed E-state index contributed by atoms with van der Waals surface area (Å²) in [5, 5.41) is 0. The van der Waals surface area contributed by atoms with Crippen molar-refractivity contribution in [3.05, 3.63) is 77.1 Å². The minimum Gasteiger partial charge on any atom is -0.404 e. The quantitative estimate of drug-likeness (QED) is 0.390. The van der Waals surface area contributed by atoms with Crippen molar-refractivity contribution in [2.45, 2.75) is 33.3 Å². The highest BCUT2D eigenvalue weighted by Crippen LogP contribution is 2.37. The standard InChI is InChI=1S/C23H20F6N2O2/c1-4-30(19-11-7-8-12-20(19)33-23(27,28)29)21(32)16-13-14(2)31(15(16)3)18-10-6-5-9-17(18)22(24,25)26/h5-13H,4H2,1-3H3. The number of amides is 1.